The van der Waals surface area contributed by atoms with Crippen molar-refractivity contribution < 1.29 is 23.1 Å². The predicted octanol–water partition coefficient (Wildman–Crippen LogP) is 3.17. The van der Waals surface area contributed by atoms with Crippen molar-refractivity contribution >= 4 is 15.8 Å². The summed E-state index contributed by atoms with van der Waals surface area (Å²) in [5.74, 6) is -0.311. The standard InChI is InChI=1S/C22H30O5S/c1-21(2)8-5-9-22(3)15-12-28(25,26)17-11-13(20(23)24)10-16(27-4)19(17)14(15)6-7-18(21)22/h10-11,14-15,18H,5-9,12H2,1-4H3,(H,23,24)/p-1/t14-,15+,18+,22-/m1/s1. The molecule has 0 amide bonds. The fraction of sp³-hybridized carbons (Fsp3) is 0.682. The third-order valence-electron chi connectivity index (χ3n) is 8.04. The number of benzene rings is 1. The third-order valence-corrected chi connectivity index (χ3v) is 9.85. The van der Waals surface area contributed by atoms with Gasteiger partial charge in [0.1, 0.15) is 5.75 Å². The second-order valence-corrected chi connectivity index (χ2v) is 11.9. The molecule has 1 aliphatic heterocycles. The van der Waals surface area contributed by atoms with Crippen LogP contribution in [0.3, 0.4) is 0 Å². The lowest BCUT2D eigenvalue weighted by atomic mass is 9.46. The molecule has 0 bridgehead atoms. The molecular weight excluding hydrogens is 376 g/mol. The number of fused-ring (bicyclic) bond motifs is 5. The average Bonchev–Trinajstić information content (AvgIpc) is 2.60. The molecule has 5 nitrogen and oxygen atoms in total. The molecule has 3 aliphatic rings. The van der Waals surface area contributed by atoms with Crippen molar-refractivity contribution in [2.24, 2.45) is 22.7 Å². The quantitative estimate of drug-likeness (QED) is 0.755. The molecular formula is C22H29O5S-. The fourth-order valence-corrected chi connectivity index (χ4v) is 8.98. The van der Waals surface area contributed by atoms with Crippen LogP contribution in [0, 0.1) is 22.7 Å². The Labute approximate surface area is 167 Å². The van der Waals surface area contributed by atoms with Gasteiger partial charge in [-0.2, -0.15) is 0 Å². The maximum atomic E-state index is 13.3. The molecule has 0 unspecified atom stereocenters. The first-order chi connectivity index (χ1) is 13.0. The topological polar surface area (TPSA) is 83.5 Å². The van der Waals surface area contributed by atoms with Crippen LogP contribution < -0.4 is 9.84 Å². The van der Waals surface area contributed by atoms with Crippen molar-refractivity contribution in [1.82, 2.24) is 0 Å². The van der Waals surface area contributed by atoms with Crippen molar-refractivity contribution in [3.63, 3.8) is 0 Å². The first-order valence-electron chi connectivity index (χ1n) is 10.2. The molecule has 0 N–H and O–H groups in total. The molecule has 28 heavy (non-hydrogen) atoms. The summed E-state index contributed by atoms with van der Waals surface area (Å²) >= 11 is 0. The second kappa shape index (κ2) is 6.22. The van der Waals surface area contributed by atoms with E-state index in [9.17, 15) is 18.3 Å². The Balaban J connectivity index is 1.90. The number of sulfone groups is 1. The first kappa shape index (κ1) is 19.7. The summed E-state index contributed by atoms with van der Waals surface area (Å²) in [6.45, 7) is 6.94. The van der Waals surface area contributed by atoms with Crippen LogP contribution >= 0.6 is 0 Å². The molecule has 2 aliphatic carbocycles. The number of carbonyl (C=O) groups excluding carboxylic acids is 1. The Morgan fingerprint density at radius 3 is 2.54 bits per heavy atom. The van der Waals surface area contributed by atoms with Gasteiger partial charge >= 0.3 is 0 Å². The van der Waals surface area contributed by atoms with Gasteiger partial charge in [-0.1, -0.05) is 27.2 Å². The summed E-state index contributed by atoms with van der Waals surface area (Å²) in [6, 6.07) is 2.70. The minimum Gasteiger partial charge on any atom is -0.545 e. The highest BCUT2D eigenvalue weighted by Crippen LogP contribution is 2.65. The van der Waals surface area contributed by atoms with Crippen LogP contribution in [0.25, 0.3) is 0 Å². The fourth-order valence-electron chi connectivity index (χ4n) is 6.83. The molecule has 1 aromatic carbocycles. The van der Waals surface area contributed by atoms with E-state index in [1.54, 1.807) is 0 Å². The number of carboxylic acids is 1. The molecule has 0 aromatic heterocycles. The van der Waals surface area contributed by atoms with E-state index >= 15 is 0 Å². The van der Waals surface area contributed by atoms with Crippen molar-refractivity contribution in [3.8, 4) is 5.75 Å². The van der Waals surface area contributed by atoms with Gasteiger partial charge < -0.3 is 14.6 Å². The average molecular weight is 406 g/mol. The Morgan fingerprint density at radius 1 is 1.18 bits per heavy atom. The predicted molar refractivity (Wildman–Crippen MR) is 104 cm³/mol. The van der Waals surface area contributed by atoms with Gasteiger partial charge in [-0.05, 0) is 66.4 Å². The highest BCUT2D eigenvalue weighted by Gasteiger charge is 2.58. The van der Waals surface area contributed by atoms with Gasteiger partial charge in [0.2, 0.25) is 0 Å². The van der Waals surface area contributed by atoms with E-state index in [4.69, 9.17) is 4.74 Å². The SMILES string of the molecule is COc1cc(C(=O)[O-])cc2c1[C@@H]1CC[C@H]3C(C)(C)CCC[C@]3(C)[C@H]1CS2(=O)=O. The molecule has 0 spiro atoms. The Hall–Kier alpha value is -1.56. The molecule has 154 valence electrons. The number of carboxylic acid groups (broad SMARTS) is 1. The summed E-state index contributed by atoms with van der Waals surface area (Å²) < 4.78 is 32.1. The lowest BCUT2D eigenvalue weighted by molar-refractivity contribution is -0.255. The number of rotatable bonds is 2. The smallest absolute Gasteiger partial charge is 0.179 e. The van der Waals surface area contributed by atoms with Crippen LogP contribution in [-0.2, 0) is 9.84 Å². The molecule has 0 radical (unpaired) electrons. The van der Waals surface area contributed by atoms with Gasteiger partial charge in [0, 0.05) is 11.1 Å². The van der Waals surface area contributed by atoms with Crippen LogP contribution in [0.4, 0.5) is 0 Å². The lowest BCUT2D eigenvalue weighted by Gasteiger charge is -2.60. The van der Waals surface area contributed by atoms with Crippen LogP contribution in [-0.4, -0.2) is 27.2 Å². The van der Waals surface area contributed by atoms with Gasteiger partial charge in [-0.15, -0.1) is 0 Å². The number of hydrogen-bond acceptors (Lipinski definition) is 5. The molecule has 4 atom stereocenters. The zero-order valence-corrected chi connectivity index (χ0v) is 17.9. The lowest BCUT2D eigenvalue weighted by Crippen LogP contribution is -2.54. The van der Waals surface area contributed by atoms with Crippen molar-refractivity contribution in [2.75, 3.05) is 12.9 Å². The van der Waals surface area contributed by atoms with E-state index in [-0.39, 0.29) is 38.9 Å². The second-order valence-electron chi connectivity index (χ2n) is 9.85. The van der Waals surface area contributed by atoms with Crippen LogP contribution in [0.1, 0.15) is 74.7 Å². The maximum absolute atomic E-state index is 13.3. The Bertz CT molecular complexity index is 932. The van der Waals surface area contributed by atoms with Crippen molar-refractivity contribution in [1.29, 1.82) is 0 Å². The molecule has 1 heterocycles. The number of ether oxygens (including phenoxy) is 1. The molecule has 2 saturated carbocycles. The Kier molecular flexibility index (Phi) is 4.38. The molecule has 6 heteroatoms. The van der Waals surface area contributed by atoms with Gasteiger partial charge in [0.25, 0.3) is 0 Å². The number of aromatic carboxylic acids is 1. The number of carbonyl (C=O) groups is 1. The normalized spacial score (nSPS) is 35.2. The number of hydrogen-bond donors (Lipinski definition) is 0. The summed E-state index contributed by atoms with van der Waals surface area (Å²) in [5.41, 5.74) is 0.724. The zero-order chi connectivity index (χ0) is 20.5. The summed E-state index contributed by atoms with van der Waals surface area (Å²) in [5, 5.41) is 11.4. The maximum Gasteiger partial charge on any atom is 0.179 e. The molecule has 2 fully saturated rings. The van der Waals surface area contributed by atoms with E-state index in [0.717, 1.165) is 25.7 Å². The minimum absolute atomic E-state index is 0.0334. The first-order valence-corrected chi connectivity index (χ1v) is 11.8. The van der Waals surface area contributed by atoms with Gasteiger partial charge in [0.15, 0.2) is 9.84 Å². The minimum atomic E-state index is -3.60. The van der Waals surface area contributed by atoms with E-state index in [2.05, 4.69) is 20.8 Å². The van der Waals surface area contributed by atoms with Crippen molar-refractivity contribution in [2.45, 2.75) is 63.7 Å². The van der Waals surface area contributed by atoms with Crippen LogP contribution in [0.5, 0.6) is 5.75 Å². The van der Waals surface area contributed by atoms with Crippen LogP contribution in [0.15, 0.2) is 17.0 Å². The van der Waals surface area contributed by atoms with E-state index in [0.29, 0.717) is 17.2 Å². The molecule has 4 rings (SSSR count). The zero-order valence-electron chi connectivity index (χ0n) is 17.1. The number of methoxy groups -OCH3 is 1. The van der Waals surface area contributed by atoms with E-state index < -0.39 is 15.8 Å². The summed E-state index contributed by atoms with van der Waals surface area (Å²) in [6.07, 6.45) is 5.34. The highest BCUT2D eigenvalue weighted by atomic mass is 32.2. The van der Waals surface area contributed by atoms with Gasteiger partial charge in [-0.3, -0.25) is 0 Å². The monoisotopic (exact) mass is 405 g/mol. The summed E-state index contributed by atoms with van der Waals surface area (Å²) in [7, 11) is -2.12. The van der Waals surface area contributed by atoms with E-state index in [1.165, 1.54) is 25.7 Å². The highest BCUT2D eigenvalue weighted by molar-refractivity contribution is 7.91. The molecule has 0 saturated heterocycles. The van der Waals surface area contributed by atoms with Crippen molar-refractivity contribution in [3.05, 3.63) is 23.3 Å². The largest absolute Gasteiger partial charge is 0.545 e. The Morgan fingerprint density at radius 2 is 1.89 bits per heavy atom. The van der Waals surface area contributed by atoms with Crippen LogP contribution in [0.2, 0.25) is 0 Å². The van der Waals surface area contributed by atoms with Gasteiger partial charge in [0.05, 0.1) is 23.7 Å². The summed E-state index contributed by atoms with van der Waals surface area (Å²) in [4.78, 5) is 11.5. The van der Waals surface area contributed by atoms with Gasteiger partial charge in [-0.25, -0.2) is 8.42 Å². The van der Waals surface area contributed by atoms with E-state index in [1.807, 2.05) is 0 Å². The third kappa shape index (κ3) is 2.71. The molecule has 1 aromatic rings.